The first-order valence-electron chi connectivity index (χ1n) is 4.79. The average molecular weight is 299 g/mol. The highest BCUT2D eigenvalue weighted by Crippen LogP contribution is 2.40. The first kappa shape index (κ1) is 11.8. The van der Waals surface area contributed by atoms with Gasteiger partial charge < -0.3 is 19.7 Å². The smallest absolute Gasteiger partial charge is 0.222 e. The van der Waals surface area contributed by atoms with Gasteiger partial charge in [-0.05, 0) is 12.1 Å². The zero-order chi connectivity index (χ0) is 12.4. The average Bonchev–Trinajstić information content (AvgIpc) is 2.74. The monoisotopic (exact) mass is 298 g/mol. The maximum atomic E-state index is 5.50. The second-order valence-corrected chi connectivity index (χ2v) is 4.22. The molecule has 2 N–H and O–H groups in total. The summed E-state index contributed by atoms with van der Waals surface area (Å²) in [5.41, 5.74) is 6.85. The van der Waals surface area contributed by atoms with Crippen molar-refractivity contribution < 1.29 is 14.0 Å². The zero-order valence-electron chi connectivity index (χ0n) is 9.36. The molecule has 1 heterocycles. The van der Waals surface area contributed by atoms with Gasteiger partial charge in [-0.3, -0.25) is 0 Å². The van der Waals surface area contributed by atoms with Gasteiger partial charge in [-0.15, -0.1) is 0 Å². The van der Waals surface area contributed by atoms with E-state index >= 15 is 0 Å². The van der Waals surface area contributed by atoms with Gasteiger partial charge in [-0.1, -0.05) is 21.1 Å². The molecule has 2 rings (SSSR count). The number of methoxy groups -OCH3 is 2. The van der Waals surface area contributed by atoms with Crippen molar-refractivity contribution in [1.29, 1.82) is 0 Å². The highest BCUT2D eigenvalue weighted by atomic mass is 79.9. The Hall–Kier alpha value is -1.69. The van der Waals surface area contributed by atoms with Gasteiger partial charge in [-0.25, -0.2) is 0 Å². The summed E-state index contributed by atoms with van der Waals surface area (Å²) in [6.07, 6.45) is 0. The van der Waals surface area contributed by atoms with Crippen molar-refractivity contribution in [2.24, 2.45) is 0 Å². The van der Waals surface area contributed by atoms with Crippen LogP contribution in [0.3, 0.4) is 0 Å². The lowest BCUT2D eigenvalue weighted by Gasteiger charge is -2.11. The van der Waals surface area contributed by atoms with Crippen molar-refractivity contribution >= 4 is 21.8 Å². The van der Waals surface area contributed by atoms with E-state index in [0.717, 1.165) is 10.0 Å². The lowest BCUT2D eigenvalue weighted by Crippen LogP contribution is -1.93. The quantitative estimate of drug-likeness (QED) is 0.943. The highest BCUT2D eigenvalue weighted by Gasteiger charge is 2.16. The van der Waals surface area contributed by atoms with Crippen LogP contribution >= 0.6 is 15.9 Å². The van der Waals surface area contributed by atoms with E-state index in [9.17, 15) is 0 Å². The number of aromatic nitrogens is 1. The molecule has 17 heavy (non-hydrogen) atoms. The van der Waals surface area contributed by atoms with Crippen LogP contribution in [0.5, 0.6) is 11.5 Å². The van der Waals surface area contributed by atoms with Gasteiger partial charge in [0.2, 0.25) is 5.88 Å². The summed E-state index contributed by atoms with van der Waals surface area (Å²) in [6, 6.07) is 5.30. The Morgan fingerprint density at radius 2 is 2.00 bits per heavy atom. The number of hydrogen-bond donors (Lipinski definition) is 1. The van der Waals surface area contributed by atoms with Crippen molar-refractivity contribution in [3.63, 3.8) is 0 Å². The van der Waals surface area contributed by atoms with Crippen molar-refractivity contribution in [2.75, 3.05) is 20.0 Å². The summed E-state index contributed by atoms with van der Waals surface area (Å²) in [5.74, 6) is 1.45. The minimum Gasteiger partial charge on any atom is -0.493 e. The number of rotatable bonds is 3. The zero-order valence-corrected chi connectivity index (χ0v) is 10.9. The molecule has 0 unspecified atom stereocenters. The van der Waals surface area contributed by atoms with Gasteiger partial charge in [0.25, 0.3) is 0 Å². The summed E-state index contributed by atoms with van der Waals surface area (Å²) >= 11 is 3.40. The van der Waals surface area contributed by atoms with Crippen LogP contribution in [0.2, 0.25) is 0 Å². The maximum absolute atomic E-state index is 5.50. The predicted octanol–water partition coefficient (Wildman–Crippen LogP) is 2.70. The molecule has 0 amide bonds. The van der Waals surface area contributed by atoms with Crippen LogP contribution < -0.4 is 15.2 Å². The fourth-order valence-electron chi connectivity index (χ4n) is 1.54. The van der Waals surface area contributed by atoms with Gasteiger partial charge in [0.05, 0.1) is 19.8 Å². The number of anilines is 1. The third kappa shape index (κ3) is 2.21. The van der Waals surface area contributed by atoms with E-state index in [0.29, 0.717) is 17.2 Å². The van der Waals surface area contributed by atoms with E-state index in [4.69, 9.17) is 19.7 Å². The molecule has 5 nitrogen and oxygen atoms in total. The Kier molecular flexibility index (Phi) is 3.23. The largest absolute Gasteiger partial charge is 0.493 e. The van der Waals surface area contributed by atoms with E-state index in [1.807, 2.05) is 12.1 Å². The molecule has 0 fully saturated rings. The predicted molar refractivity (Wildman–Crippen MR) is 67.2 cm³/mol. The molecular formula is C11H11BrN2O3. The van der Waals surface area contributed by atoms with Crippen molar-refractivity contribution in [3.8, 4) is 22.8 Å². The lowest BCUT2D eigenvalue weighted by atomic mass is 10.1. The molecule has 0 aliphatic carbocycles. The Bertz CT molecular complexity index is 540. The fourth-order valence-corrected chi connectivity index (χ4v) is 1.97. The second kappa shape index (κ2) is 4.67. The third-order valence-electron chi connectivity index (χ3n) is 2.25. The molecule has 0 aliphatic rings. The molecule has 1 aromatic carbocycles. The van der Waals surface area contributed by atoms with Crippen LogP contribution in [-0.4, -0.2) is 19.4 Å². The Morgan fingerprint density at radius 3 is 2.53 bits per heavy atom. The summed E-state index contributed by atoms with van der Waals surface area (Å²) in [6.45, 7) is 0. The van der Waals surface area contributed by atoms with E-state index in [1.165, 1.54) is 0 Å². The van der Waals surface area contributed by atoms with Crippen LogP contribution in [0.1, 0.15) is 0 Å². The normalized spacial score (nSPS) is 10.3. The number of hydrogen-bond acceptors (Lipinski definition) is 5. The molecule has 2 aromatic rings. The second-order valence-electron chi connectivity index (χ2n) is 3.30. The van der Waals surface area contributed by atoms with Crippen LogP contribution in [0.15, 0.2) is 27.2 Å². The lowest BCUT2D eigenvalue weighted by molar-refractivity contribution is 0.355. The summed E-state index contributed by atoms with van der Waals surface area (Å²) in [4.78, 5) is 0. The maximum Gasteiger partial charge on any atom is 0.222 e. The first-order valence-corrected chi connectivity index (χ1v) is 5.59. The highest BCUT2D eigenvalue weighted by molar-refractivity contribution is 9.10. The molecule has 6 heteroatoms. The van der Waals surface area contributed by atoms with Gasteiger partial charge in [0.1, 0.15) is 5.69 Å². The number of ether oxygens (including phenoxy) is 2. The van der Waals surface area contributed by atoms with E-state index in [1.54, 1.807) is 20.3 Å². The van der Waals surface area contributed by atoms with Gasteiger partial charge in [0, 0.05) is 10.5 Å². The molecule has 0 radical (unpaired) electrons. The molecule has 0 aliphatic heterocycles. The Balaban J connectivity index is 2.63. The Morgan fingerprint density at radius 1 is 1.24 bits per heavy atom. The van der Waals surface area contributed by atoms with Crippen LogP contribution in [-0.2, 0) is 0 Å². The van der Waals surface area contributed by atoms with E-state index in [2.05, 4.69) is 21.1 Å². The first-order chi connectivity index (χ1) is 8.15. The molecule has 1 aromatic heterocycles. The van der Waals surface area contributed by atoms with Gasteiger partial charge in [0.15, 0.2) is 11.5 Å². The van der Waals surface area contributed by atoms with Gasteiger partial charge in [-0.2, -0.15) is 0 Å². The molecule has 0 saturated heterocycles. The van der Waals surface area contributed by atoms with Crippen LogP contribution in [0.4, 0.5) is 5.88 Å². The molecule has 0 atom stereocenters. The molecular weight excluding hydrogens is 288 g/mol. The molecule has 0 spiro atoms. The minimum atomic E-state index is 0.251. The number of halogens is 1. The van der Waals surface area contributed by atoms with Gasteiger partial charge >= 0.3 is 0 Å². The number of nitrogens with two attached hydrogens (primary N) is 1. The van der Waals surface area contributed by atoms with Crippen molar-refractivity contribution in [2.45, 2.75) is 0 Å². The SMILES string of the molecule is COc1cc(Br)cc(-c2cc(N)on2)c1OC. The standard InChI is InChI=1S/C11H11BrN2O3/c1-15-9-4-6(12)3-7(11(9)16-2)8-5-10(13)17-14-8/h3-5H,13H2,1-2H3. The van der Waals surface area contributed by atoms with Crippen LogP contribution in [0.25, 0.3) is 11.3 Å². The summed E-state index contributed by atoms with van der Waals surface area (Å²) in [7, 11) is 3.14. The fraction of sp³-hybridized carbons (Fsp3) is 0.182. The van der Waals surface area contributed by atoms with Crippen molar-refractivity contribution in [1.82, 2.24) is 5.16 Å². The Labute approximate surface area is 107 Å². The third-order valence-corrected chi connectivity index (χ3v) is 2.71. The molecule has 0 saturated carbocycles. The van der Waals surface area contributed by atoms with Crippen molar-refractivity contribution in [3.05, 3.63) is 22.7 Å². The summed E-state index contributed by atoms with van der Waals surface area (Å²) in [5, 5.41) is 3.85. The summed E-state index contributed by atoms with van der Waals surface area (Å²) < 4.78 is 16.3. The van der Waals surface area contributed by atoms with E-state index < -0.39 is 0 Å². The molecule has 90 valence electrons. The van der Waals surface area contributed by atoms with Crippen LogP contribution in [0, 0.1) is 0 Å². The number of nitrogens with zero attached hydrogens (tertiary/aromatic N) is 1. The number of nitrogen functional groups attached to an aromatic ring is 1. The molecule has 0 bridgehead atoms. The topological polar surface area (TPSA) is 70.5 Å². The van der Waals surface area contributed by atoms with E-state index in [-0.39, 0.29) is 5.88 Å². The number of benzene rings is 1. The minimum absolute atomic E-state index is 0.251.